The van der Waals surface area contributed by atoms with Crippen LogP contribution in [0.25, 0.3) is 0 Å². The molecule has 6 heteroatoms. The lowest BCUT2D eigenvalue weighted by atomic mass is 10.2. The van der Waals surface area contributed by atoms with Gasteiger partial charge in [-0.15, -0.1) is 12.4 Å². The molecule has 1 aromatic rings. The highest BCUT2D eigenvalue weighted by molar-refractivity contribution is 6.39. The molecule has 1 atom stereocenters. The zero-order valence-corrected chi connectivity index (χ0v) is 11.3. The van der Waals surface area contributed by atoms with Crippen LogP contribution in [0.4, 0.5) is 0 Å². The van der Waals surface area contributed by atoms with E-state index < -0.39 is 0 Å². The van der Waals surface area contributed by atoms with Crippen LogP contribution in [-0.2, 0) is 0 Å². The summed E-state index contributed by atoms with van der Waals surface area (Å²) in [5.74, 6) is -0.204. The summed E-state index contributed by atoms with van der Waals surface area (Å²) in [5, 5.41) is 6.85. The Labute approximate surface area is 116 Å². The third-order valence-electron chi connectivity index (χ3n) is 2.59. The molecular formula is C11H13Cl3N2O. The summed E-state index contributed by atoms with van der Waals surface area (Å²) in [4.78, 5) is 11.9. The molecule has 2 N–H and O–H groups in total. The van der Waals surface area contributed by atoms with Crippen molar-refractivity contribution >= 4 is 41.5 Å². The van der Waals surface area contributed by atoms with Gasteiger partial charge >= 0.3 is 0 Å². The number of carbonyl (C=O) groups is 1. The summed E-state index contributed by atoms with van der Waals surface area (Å²) in [6.07, 6.45) is 0.938. The molecule has 2 rings (SSSR count). The predicted octanol–water partition coefficient (Wildman–Crippen LogP) is 2.51. The van der Waals surface area contributed by atoms with Crippen molar-refractivity contribution in [1.82, 2.24) is 10.6 Å². The van der Waals surface area contributed by atoms with Gasteiger partial charge in [0.25, 0.3) is 5.91 Å². The molecule has 0 saturated carbocycles. The van der Waals surface area contributed by atoms with Crippen molar-refractivity contribution in [3.63, 3.8) is 0 Å². The number of nitrogens with one attached hydrogen (secondary N) is 2. The van der Waals surface area contributed by atoms with Crippen molar-refractivity contribution in [3.8, 4) is 0 Å². The van der Waals surface area contributed by atoms with Crippen molar-refractivity contribution in [1.29, 1.82) is 0 Å². The van der Waals surface area contributed by atoms with Crippen LogP contribution in [-0.4, -0.2) is 25.0 Å². The van der Waals surface area contributed by atoms with Gasteiger partial charge in [0.1, 0.15) is 0 Å². The van der Waals surface area contributed by atoms with Crippen LogP contribution < -0.4 is 10.6 Å². The summed E-state index contributed by atoms with van der Waals surface area (Å²) in [6, 6.07) is 5.21. The Balaban J connectivity index is 0.00000144. The predicted molar refractivity (Wildman–Crippen MR) is 72.5 cm³/mol. The van der Waals surface area contributed by atoms with E-state index in [0.29, 0.717) is 15.6 Å². The molecule has 94 valence electrons. The van der Waals surface area contributed by atoms with Gasteiger partial charge in [-0.1, -0.05) is 29.3 Å². The molecule has 0 spiro atoms. The molecule has 1 unspecified atom stereocenters. The van der Waals surface area contributed by atoms with E-state index in [1.165, 1.54) is 0 Å². The lowest BCUT2D eigenvalue weighted by Gasteiger charge is -2.12. The van der Waals surface area contributed by atoms with Gasteiger partial charge in [0, 0.05) is 12.6 Å². The molecular weight excluding hydrogens is 282 g/mol. The Kier molecular flexibility index (Phi) is 5.53. The molecule has 17 heavy (non-hydrogen) atoms. The first-order valence-corrected chi connectivity index (χ1v) is 5.89. The highest BCUT2D eigenvalue weighted by Crippen LogP contribution is 2.24. The zero-order chi connectivity index (χ0) is 11.5. The molecule has 1 fully saturated rings. The SMILES string of the molecule is Cl.O=C(NC1CCNC1)c1c(Cl)cccc1Cl. The van der Waals surface area contributed by atoms with Crippen molar-refractivity contribution in [2.45, 2.75) is 12.5 Å². The highest BCUT2D eigenvalue weighted by Gasteiger charge is 2.20. The maximum Gasteiger partial charge on any atom is 0.254 e. The number of halogens is 3. The first-order valence-electron chi connectivity index (χ1n) is 5.14. The summed E-state index contributed by atoms with van der Waals surface area (Å²) in [7, 11) is 0. The molecule has 1 aliphatic heterocycles. The minimum absolute atomic E-state index is 0. The fourth-order valence-electron chi connectivity index (χ4n) is 1.75. The molecule has 1 aromatic carbocycles. The number of hydrogen-bond acceptors (Lipinski definition) is 2. The molecule has 0 aromatic heterocycles. The smallest absolute Gasteiger partial charge is 0.254 e. The topological polar surface area (TPSA) is 41.1 Å². The number of benzene rings is 1. The first kappa shape index (κ1) is 14.6. The average Bonchev–Trinajstić information content (AvgIpc) is 2.70. The highest BCUT2D eigenvalue weighted by atomic mass is 35.5. The molecule has 1 saturated heterocycles. The molecule has 1 aliphatic rings. The third-order valence-corrected chi connectivity index (χ3v) is 3.22. The molecule has 0 radical (unpaired) electrons. The van der Waals surface area contributed by atoms with Crippen LogP contribution >= 0.6 is 35.6 Å². The van der Waals surface area contributed by atoms with E-state index in [9.17, 15) is 4.79 Å². The van der Waals surface area contributed by atoms with Gasteiger partial charge in [-0.3, -0.25) is 4.79 Å². The maximum absolute atomic E-state index is 11.9. The van der Waals surface area contributed by atoms with Crippen LogP contribution in [0.3, 0.4) is 0 Å². The Bertz CT molecular complexity index is 385. The van der Waals surface area contributed by atoms with E-state index in [4.69, 9.17) is 23.2 Å². The number of amides is 1. The van der Waals surface area contributed by atoms with E-state index in [2.05, 4.69) is 10.6 Å². The summed E-state index contributed by atoms with van der Waals surface area (Å²) in [5.41, 5.74) is 0.359. The van der Waals surface area contributed by atoms with Crippen LogP contribution in [0, 0.1) is 0 Å². The second-order valence-electron chi connectivity index (χ2n) is 3.76. The van der Waals surface area contributed by atoms with Crippen molar-refractivity contribution in [2.75, 3.05) is 13.1 Å². The van der Waals surface area contributed by atoms with Gasteiger partial charge in [-0.2, -0.15) is 0 Å². The van der Waals surface area contributed by atoms with Gasteiger partial charge in [0.15, 0.2) is 0 Å². The molecule has 1 amide bonds. The number of hydrogen-bond donors (Lipinski definition) is 2. The quantitative estimate of drug-likeness (QED) is 0.880. The van der Waals surface area contributed by atoms with Gasteiger partial charge in [-0.05, 0) is 25.1 Å². The molecule has 0 aliphatic carbocycles. The second-order valence-corrected chi connectivity index (χ2v) is 4.57. The normalized spacial score (nSPS) is 18.6. The lowest BCUT2D eigenvalue weighted by Crippen LogP contribution is -2.36. The van der Waals surface area contributed by atoms with E-state index in [-0.39, 0.29) is 24.4 Å². The van der Waals surface area contributed by atoms with E-state index >= 15 is 0 Å². The summed E-state index contributed by atoms with van der Waals surface area (Å²) < 4.78 is 0. The average molecular weight is 296 g/mol. The van der Waals surface area contributed by atoms with Crippen LogP contribution in [0.2, 0.25) is 10.0 Å². The number of carbonyl (C=O) groups excluding carboxylic acids is 1. The van der Waals surface area contributed by atoms with Crippen molar-refractivity contribution in [3.05, 3.63) is 33.8 Å². The van der Waals surface area contributed by atoms with Crippen LogP contribution in [0.15, 0.2) is 18.2 Å². The van der Waals surface area contributed by atoms with Crippen LogP contribution in [0.5, 0.6) is 0 Å². The van der Waals surface area contributed by atoms with Gasteiger partial charge in [0.2, 0.25) is 0 Å². The fraction of sp³-hybridized carbons (Fsp3) is 0.364. The lowest BCUT2D eigenvalue weighted by molar-refractivity contribution is 0.0940. The maximum atomic E-state index is 11.9. The van der Waals surface area contributed by atoms with E-state index in [0.717, 1.165) is 19.5 Å². The third kappa shape index (κ3) is 3.49. The minimum Gasteiger partial charge on any atom is -0.348 e. The Morgan fingerprint density at radius 3 is 2.53 bits per heavy atom. The van der Waals surface area contributed by atoms with Crippen molar-refractivity contribution < 1.29 is 4.79 Å². The Morgan fingerprint density at radius 2 is 2.00 bits per heavy atom. The van der Waals surface area contributed by atoms with Gasteiger partial charge in [0.05, 0.1) is 15.6 Å². The summed E-state index contributed by atoms with van der Waals surface area (Å²) >= 11 is 11.9. The fourth-order valence-corrected chi connectivity index (χ4v) is 2.32. The van der Waals surface area contributed by atoms with E-state index in [1.54, 1.807) is 18.2 Å². The van der Waals surface area contributed by atoms with Crippen molar-refractivity contribution in [2.24, 2.45) is 0 Å². The molecule has 0 bridgehead atoms. The molecule has 1 heterocycles. The first-order chi connectivity index (χ1) is 7.68. The second kappa shape index (κ2) is 6.45. The van der Waals surface area contributed by atoms with E-state index in [1.807, 2.05) is 0 Å². The summed E-state index contributed by atoms with van der Waals surface area (Å²) in [6.45, 7) is 1.73. The molecule has 3 nitrogen and oxygen atoms in total. The standard InChI is InChI=1S/C11H12Cl2N2O.ClH/c12-8-2-1-3-9(13)10(8)11(16)15-7-4-5-14-6-7;/h1-3,7,14H,4-6H2,(H,15,16);1H. The zero-order valence-electron chi connectivity index (χ0n) is 9.00. The van der Waals surface area contributed by atoms with Crippen LogP contribution in [0.1, 0.15) is 16.8 Å². The minimum atomic E-state index is -0.204. The van der Waals surface area contributed by atoms with Gasteiger partial charge in [-0.25, -0.2) is 0 Å². The largest absolute Gasteiger partial charge is 0.348 e. The Hall–Kier alpha value is -0.480. The van der Waals surface area contributed by atoms with Gasteiger partial charge < -0.3 is 10.6 Å². The number of rotatable bonds is 2. The monoisotopic (exact) mass is 294 g/mol. The Morgan fingerprint density at radius 1 is 1.35 bits per heavy atom.